The Kier molecular flexibility index (Phi) is 3.44. The summed E-state index contributed by atoms with van der Waals surface area (Å²) in [5, 5.41) is 4.07. The molecule has 1 aromatic heterocycles. The summed E-state index contributed by atoms with van der Waals surface area (Å²) in [5.74, 6) is 0.735. The Morgan fingerprint density at radius 1 is 1.67 bits per heavy atom. The highest BCUT2D eigenvalue weighted by atomic mass is 35.5. The van der Waals surface area contributed by atoms with E-state index in [0.29, 0.717) is 5.02 Å². The van der Waals surface area contributed by atoms with Crippen molar-refractivity contribution in [1.82, 2.24) is 9.88 Å². The zero-order valence-corrected chi connectivity index (χ0v) is 9.67. The van der Waals surface area contributed by atoms with Crippen molar-refractivity contribution in [3.05, 3.63) is 23.5 Å². The maximum atomic E-state index is 6.00. The van der Waals surface area contributed by atoms with Crippen LogP contribution in [-0.4, -0.2) is 36.6 Å². The molecule has 82 valence electrons. The second kappa shape index (κ2) is 4.81. The van der Waals surface area contributed by atoms with Crippen LogP contribution in [0.2, 0.25) is 5.02 Å². The highest BCUT2D eigenvalue weighted by Gasteiger charge is 2.18. The molecule has 0 bridgehead atoms. The molecular weight excluding hydrogens is 210 g/mol. The van der Waals surface area contributed by atoms with Gasteiger partial charge in [0.1, 0.15) is 0 Å². The number of rotatable bonds is 3. The molecule has 0 amide bonds. The molecular formula is C11H16ClN3. The molecule has 2 heterocycles. The lowest BCUT2D eigenvalue weighted by molar-refractivity contribution is 0.399. The molecule has 0 saturated carbocycles. The Morgan fingerprint density at radius 3 is 3.20 bits per heavy atom. The van der Waals surface area contributed by atoms with Gasteiger partial charge < -0.3 is 10.2 Å². The summed E-state index contributed by atoms with van der Waals surface area (Å²) in [6, 6.07) is 1.92. The molecule has 1 aromatic rings. The Bertz CT molecular complexity index is 329. The molecule has 1 aliphatic heterocycles. The minimum Gasteiger partial charge on any atom is -0.383 e. The van der Waals surface area contributed by atoms with E-state index in [9.17, 15) is 0 Å². The number of hydrogen-bond acceptors (Lipinski definition) is 3. The minimum atomic E-state index is 0.698. The standard InChI is InChI=1S/C11H16ClN3/c1-15-5-3-9(8-15)6-14-11-2-4-13-7-10(11)12/h2,4,7,9H,3,5-6,8H2,1H3,(H,13,14). The van der Waals surface area contributed by atoms with Crippen molar-refractivity contribution in [2.24, 2.45) is 5.92 Å². The molecule has 2 rings (SSSR count). The first kappa shape index (κ1) is 10.7. The highest BCUT2D eigenvalue weighted by Crippen LogP contribution is 2.21. The van der Waals surface area contributed by atoms with Gasteiger partial charge in [0.15, 0.2) is 0 Å². The predicted octanol–water partition coefficient (Wildman–Crippen LogP) is 2.10. The fourth-order valence-corrected chi connectivity index (χ4v) is 2.15. The van der Waals surface area contributed by atoms with E-state index in [-0.39, 0.29) is 0 Å². The zero-order valence-electron chi connectivity index (χ0n) is 8.91. The first-order valence-corrected chi connectivity index (χ1v) is 5.65. The molecule has 1 N–H and O–H groups in total. The minimum absolute atomic E-state index is 0.698. The van der Waals surface area contributed by atoms with Crippen molar-refractivity contribution in [2.45, 2.75) is 6.42 Å². The Morgan fingerprint density at radius 2 is 2.53 bits per heavy atom. The van der Waals surface area contributed by atoms with Crippen molar-refractivity contribution in [3.8, 4) is 0 Å². The normalized spacial score (nSPS) is 21.9. The van der Waals surface area contributed by atoms with Crippen LogP contribution >= 0.6 is 11.6 Å². The zero-order chi connectivity index (χ0) is 10.7. The van der Waals surface area contributed by atoms with Gasteiger partial charge in [0, 0.05) is 25.5 Å². The number of likely N-dealkylation sites (tertiary alicyclic amines) is 1. The van der Waals surface area contributed by atoms with Crippen LogP contribution in [0.25, 0.3) is 0 Å². The van der Waals surface area contributed by atoms with Gasteiger partial charge in [0.05, 0.1) is 10.7 Å². The number of nitrogens with one attached hydrogen (secondary N) is 1. The van der Waals surface area contributed by atoms with Gasteiger partial charge >= 0.3 is 0 Å². The monoisotopic (exact) mass is 225 g/mol. The molecule has 1 aliphatic rings. The third kappa shape index (κ3) is 2.83. The van der Waals surface area contributed by atoms with E-state index >= 15 is 0 Å². The molecule has 15 heavy (non-hydrogen) atoms. The van der Waals surface area contributed by atoms with Gasteiger partial charge in [-0.25, -0.2) is 0 Å². The van der Waals surface area contributed by atoms with Crippen molar-refractivity contribution in [1.29, 1.82) is 0 Å². The lowest BCUT2D eigenvalue weighted by Gasteiger charge is -2.13. The molecule has 1 saturated heterocycles. The van der Waals surface area contributed by atoms with Crippen LogP contribution in [0.4, 0.5) is 5.69 Å². The van der Waals surface area contributed by atoms with Crippen molar-refractivity contribution < 1.29 is 0 Å². The van der Waals surface area contributed by atoms with Crippen LogP contribution in [0.3, 0.4) is 0 Å². The molecule has 0 aliphatic carbocycles. The summed E-state index contributed by atoms with van der Waals surface area (Å²) in [6.07, 6.45) is 4.70. The fraction of sp³-hybridized carbons (Fsp3) is 0.545. The van der Waals surface area contributed by atoms with Crippen LogP contribution in [0.15, 0.2) is 18.5 Å². The maximum absolute atomic E-state index is 6.00. The largest absolute Gasteiger partial charge is 0.383 e. The smallest absolute Gasteiger partial charge is 0.0820 e. The topological polar surface area (TPSA) is 28.2 Å². The van der Waals surface area contributed by atoms with E-state index in [2.05, 4.69) is 22.2 Å². The van der Waals surface area contributed by atoms with Gasteiger partial charge in [-0.2, -0.15) is 0 Å². The molecule has 1 fully saturated rings. The quantitative estimate of drug-likeness (QED) is 0.854. The first-order valence-electron chi connectivity index (χ1n) is 5.27. The fourth-order valence-electron chi connectivity index (χ4n) is 1.97. The van der Waals surface area contributed by atoms with E-state index in [1.807, 2.05) is 6.07 Å². The number of nitrogens with zero attached hydrogens (tertiary/aromatic N) is 2. The van der Waals surface area contributed by atoms with Crippen molar-refractivity contribution >= 4 is 17.3 Å². The average Bonchev–Trinajstić information content (AvgIpc) is 2.63. The Hall–Kier alpha value is -0.800. The van der Waals surface area contributed by atoms with Crippen molar-refractivity contribution in [2.75, 3.05) is 32.0 Å². The van der Waals surface area contributed by atoms with E-state index < -0.39 is 0 Å². The van der Waals surface area contributed by atoms with Crippen molar-refractivity contribution in [3.63, 3.8) is 0 Å². The van der Waals surface area contributed by atoms with Gasteiger partial charge in [0.2, 0.25) is 0 Å². The molecule has 0 spiro atoms. The third-order valence-corrected chi connectivity index (χ3v) is 3.14. The summed E-state index contributed by atoms with van der Waals surface area (Å²) in [6.45, 7) is 3.38. The van der Waals surface area contributed by atoms with Gasteiger partial charge in [0.25, 0.3) is 0 Å². The summed E-state index contributed by atoms with van der Waals surface area (Å²) in [5.41, 5.74) is 0.987. The maximum Gasteiger partial charge on any atom is 0.0820 e. The first-order chi connectivity index (χ1) is 7.25. The molecule has 3 nitrogen and oxygen atoms in total. The molecule has 1 unspecified atom stereocenters. The lowest BCUT2D eigenvalue weighted by atomic mass is 10.1. The third-order valence-electron chi connectivity index (χ3n) is 2.84. The summed E-state index contributed by atoms with van der Waals surface area (Å²) in [7, 11) is 2.17. The number of hydrogen-bond donors (Lipinski definition) is 1. The number of anilines is 1. The summed E-state index contributed by atoms with van der Waals surface area (Å²) >= 11 is 6.00. The highest BCUT2D eigenvalue weighted by molar-refractivity contribution is 6.33. The molecule has 4 heteroatoms. The molecule has 0 aromatic carbocycles. The Balaban J connectivity index is 1.86. The number of halogens is 1. The lowest BCUT2D eigenvalue weighted by Crippen LogP contribution is -2.19. The van der Waals surface area contributed by atoms with E-state index in [0.717, 1.165) is 18.2 Å². The average molecular weight is 226 g/mol. The SMILES string of the molecule is CN1CCC(CNc2ccncc2Cl)C1. The van der Waals surface area contributed by atoms with E-state index in [4.69, 9.17) is 11.6 Å². The van der Waals surface area contributed by atoms with Gasteiger partial charge in [-0.15, -0.1) is 0 Å². The van der Waals surface area contributed by atoms with Crippen LogP contribution in [-0.2, 0) is 0 Å². The van der Waals surface area contributed by atoms with Gasteiger partial charge in [-0.3, -0.25) is 4.98 Å². The second-order valence-electron chi connectivity index (χ2n) is 4.15. The number of aromatic nitrogens is 1. The summed E-state index contributed by atoms with van der Waals surface area (Å²) in [4.78, 5) is 6.32. The van der Waals surface area contributed by atoms with Gasteiger partial charge in [-0.05, 0) is 32.0 Å². The predicted molar refractivity (Wildman–Crippen MR) is 63.3 cm³/mol. The van der Waals surface area contributed by atoms with E-state index in [1.165, 1.54) is 19.5 Å². The molecule has 0 radical (unpaired) electrons. The van der Waals surface area contributed by atoms with Crippen LogP contribution in [0.1, 0.15) is 6.42 Å². The number of pyridine rings is 1. The Labute approximate surface area is 95.4 Å². The molecule has 1 atom stereocenters. The van der Waals surface area contributed by atoms with Crippen LogP contribution < -0.4 is 5.32 Å². The van der Waals surface area contributed by atoms with E-state index in [1.54, 1.807) is 12.4 Å². The summed E-state index contributed by atoms with van der Waals surface area (Å²) < 4.78 is 0. The van der Waals surface area contributed by atoms with Crippen LogP contribution in [0, 0.1) is 5.92 Å². The van der Waals surface area contributed by atoms with Crippen LogP contribution in [0.5, 0.6) is 0 Å². The van der Waals surface area contributed by atoms with Gasteiger partial charge in [-0.1, -0.05) is 11.6 Å². The second-order valence-corrected chi connectivity index (χ2v) is 4.56.